The number of nitrogens with zero attached hydrogens (tertiary/aromatic N) is 2. The third-order valence-corrected chi connectivity index (χ3v) is 6.10. The van der Waals surface area contributed by atoms with Crippen LogP contribution in [0.4, 0.5) is 13.2 Å². The van der Waals surface area contributed by atoms with Gasteiger partial charge in [-0.25, -0.2) is 9.97 Å². The van der Waals surface area contributed by atoms with Crippen LogP contribution in [-0.4, -0.2) is 22.2 Å². The van der Waals surface area contributed by atoms with Crippen molar-refractivity contribution < 1.29 is 17.9 Å². The molecule has 1 atom stereocenters. The van der Waals surface area contributed by atoms with E-state index in [0.29, 0.717) is 12.2 Å². The number of hydrogen-bond acceptors (Lipinski definition) is 3. The van der Waals surface area contributed by atoms with Gasteiger partial charge in [0.05, 0.1) is 0 Å². The molecule has 3 nitrogen and oxygen atoms in total. The minimum absolute atomic E-state index is 0.0192. The van der Waals surface area contributed by atoms with E-state index in [0.717, 1.165) is 43.2 Å². The maximum absolute atomic E-state index is 13.3. The maximum atomic E-state index is 13.3. The van der Waals surface area contributed by atoms with E-state index in [1.54, 1.807) is 24.3 Å². The zero-order valence-corrected chi connectivity index (χ0v) is 20.9. The van der Waals surface area contributed by atoms with Crippen molar-refractivity contribution in [2.24, 2.45) is 0 Å². The van der Waals surface area contributed by atoms with Gasteiger partial charge in [-0.2, -0.15) is 13.2 Å². The Morgan fingerprint density at radius 3 is 1.82 bits per heavy atom. The van der Waals surface area contributed by atoms with Crippen molar-refractivity contribution in [3.63, 3.8) is 0 Å². The first-order valence-electron chi connectivity index (χ1n) is 13.1. The van der Waals surface area contributed by atoms with Crippen LogP contribution in [0, 0.1) is 0 Å². The number of halogens is 3. The van der Waals surface area contributed by atoms with E-state index in [9.17, 15) is 13.2 Å². The van der Waals surface area contributed by atoms with E-state index in [-0.39, 0.29) is 12.2 Å². The summed E-state index contributed by atoms with van der Waals surface area (Å²) >= 11 is 0. The first-order chi connectivity index (χ1) is 16.4. The Labute approximate surface area is 203 Å². The summed E-state index contributed by atoms with van der Waals surface area (Å²) in [7, 11) is 0. The van der Waals surface area contributed by atoms with Crippen molar-refractivity contribution in [2.45, 2.75) is 116 Å². The summed E-state index contributed by atoms with van der Waals surface area (Å²) < 4.78 is 45.3. The van der Waals surface area contributed by atoms with Gasteiger partial charge in [0, 0.05) is 18.0 Å². The summed E-state index contributed by atoms with van der Waals surface area (Å²) in [6.45, 7) is 4.27. The monoisotopic (exact) mass is 478 g/mol. The fourth-order valence-corrected chi connectivity index (χ4v) is 3.99. The normalized spacial score (nSPS) is 12.6. The van der Waals surface area contributed by atoms with Gasteiger partial charge < -0.3 is 4.74 Å². The third kappa shape index (κ3) is 10.9. The molecule has 2 rings (SSSR count). The van der Waals surface area contributed by atoms with E-state index in [1.807, 2.05) is 19.3 Å². The van der Waals surface area contributed by atoms with E-state index in [4.69, 9.17) is 4.74 Å². The SMILES string of the molecule is CCCCCCCCCCc1cnc(-c2ccc(OC(CCCCCC)C(F)(F)F)cc2)nc1. The van der Waals surface area contributed by atoms with Crippen LogP contribution in [0.5, 0.6) is 5.75 Å². The highest BCUT2D eigenvalue weighted by molar-refractivity contribution is 5.55. The molecule has 0 saturated carbocycles. The average Bonchev–Trinajstić information content (AvgIpc) is 2.83. The number of ether oxygens (including phenoxy) is 1. The second-order valence-electron chi connectivity index (χ2n) is 9.16. The average molecular weight is 479 g/mol. The smallest absolute Gasteiger partial charge is 0.425 e. The first kappa shape index (κ1) is 28.1. The fraction of sp³-hybridized carbons (Fsp3) is 0.643. The van der Waals surface area contributed by atoms with Gasteiger partial charge in [-0.05, 0) is 55.5 Å². The van der Waals surface area contributed by atoms with Gasteiger partial charge in [0.25, 0.3) is 0 Å². The lowest BCUT2D eigenvalue weighted by Gasteiger charge is -2.22. The molecular weight excluding hydrogens is 437 g/mol. The second kappa shape index (κ2) is 15.7. The van der Waals surface area contributed by atoms with Crippen LogP contribution in [0.2, 0.25) is 0 Å². The molecule has 0 saturated heterocycles. The summed E-state index contributed by atoms with van der Waals surface area (Å²) in [6, 6.07) is 6.57. The van der Waals surface area contributed by atoms with E-state index in [2.05, 4.69) is 16.9 Å². The van der Waals surface area contributed by atoms with Crippen LogP contribution in [0.15, 0.2) is 36.7 Å². The van der Waals surface area contributed by atoms with Gasteiger partial charge in [0.1, 0.15) is 5.75 Å². The minimum atomic E-state index is -4.38. The maximum Gasteiger partial charge on any atom is 0.425 e. The number of unbranched alkanes of at least 4 members (excludes halogenated alkanes) is 10. The summed E-state index contributed by atoms with van der Waals surface area (Å²) in [5, 5.41) is 0. The summed E-state index contributed by atoms with van der Waals surface area (Å²) in [5.41, 5.74) is 1.88. The predicted molar refractivity (Wildman–Crippen MR) is 133 cm³/mol. The number of alkyl halides is 3. The molecule has 0 aliphatic rings. The Balaban J connectivity index is 1.81. The lowest BCUT2D eigenvalue weighted by molar-refractivity contribution is -0.197. The van der Waals surface area contributed by atoms with Gasteiger partial charge in [-0.15, -0.1) is 0 Å². The Bertz CT molecular complexity index is 776. The lowest BCUT2D eigenvalue weighted by atomic mass is 10.1. The quantitative estimate of drug-likeness (QED) is 0.213. The number of rotatable bonds is 17. The van der Waals surface area contributed by atoms with Crippen LogP contribution in [-0.2, 0) is 6.42 Å². The Kier molecular flexibility index (Phi) is 13.0. The molecule has 0 N–H and O–H groups in total. The predicted octanol–water partition coefficient (Wildman–Crippen LogP) is 9.11. The van der Waals surface area contributed by atoms with Gasteiger partial charge in [-0.1, -0.05) is 78.1 Å². The van der Waals surface area contributed by atoms with Crippen LogP contribution in [0.25, 0.3) is 11.4 Å². The second-order valence-corrected chi connectivity index (χ2v) is 9.16. The highest BCUT2D eigenvalue weighted by Gasteiger charge is 2.41. The lowest BCUT2D eigenvalue weighted by Crippen LogP contribution is -2.34. The van der Waals surface area contributed by atoms with Gasteiger partial charge in [0.15, 0.2) is 11.9 Å². The van der Waals surface area contributed by atoms with Crippen LogP contribution in [0.3, 0.4) is 0 Å². The summed E-state index contributed by atoms with van der Waals surface area (Å²) in [4.78, 5) is 8.91. The molecule has 0 aliphatic carbocycles. The molecule has 0 spiro atoms. The van der Waals surface area contributed by atoms with E-state index in [1.165, 1.54) is 44.9 Å². The molecule has 0 fully saturated rings. The molecule has 1 aromatic heterocycles. The summed E-state index contributed by atoms with van der Waals surface area (Å²) in [6.07, 6.45) is 12.0. The van der Waals surface area contributed by atoms with Crippen LogP contribution < -0.4 is 4.74 Å². The first-order valence-corrected chi connectivity index (χ1v) is 13.1. The number of hydrogen-bond donors (Lipinski definition) is 0. The number of aryl methyl sites for hydroxylation is 1. The minimum Gasteiger partial charge on any atom is -0.481 e. The highest BCUT2D eigenvalue weighted by atomic mass is 19.4. The number of benzene rings is 1. The molecular formula is C28H41F3N2O. The molecule has 1 aromatic carbocycles. The fourth-order valence-electron chi connectivity index (χ4n) is 3.99. The Hall–Kier alpha value is -2.11. The van der Waals surface area contributed by atoms with E-state index >= 15 is 0 Å². The van der Waals surface area contributed by atoms with Crippen LogP contribution in [0.1, 0.15) is 103 Å². The molecule has 190 valence electrons. The molecule has 1 heterocycles. The van der Waals surface area contributed by atoms with Crippen molar-refractivity contribution in [3.8, 4) is 17.1 Å². The highest BCUT2D eigenvalue weighted by Crippen LogP contribution is 2.30. The standard InChI is InChI=1S/C28H41F3N2O/c1-3-5-7-9-10-11-12-13-15-23-21-32-27(33-22-23)24-17-19-25(20-18-24)34-26(28(29,30)31)16-14-8-6-4-2/h17-22,26H,3-16H2,1-2H3. The summed E-state index contributed by atoms with van der Waals surface area (Å²) in [5.74, 6) is 0.783. The Morgan fingerprint density at radius 2 is 1.26 bits per heavy atom. The zero-order valence-electron chi connectivity index (χ0n) is 20.9. The number of aromatic nitrogens is 2. The molecule has 0 radical (unpaired) electrons. The molecule has 2 aromatic rings. The van der Waals surface area contributed by atoms with Crippen molar-refractivity contribution in [3.05, 3.63) is 42.2 Å². The van der Waals surface area contributed by atoms with E-state index < -0.39 is 12.3 Å². The molecule has 1 unspecified atom stereocenters. The molecule has 0 bridgehead atoms. The van der Waals surface area contributed by atoms with Crippen molar-refractivity contribution in [1.82, 2.24) is 9.97 Å². The molecule has 6 heteroatoms. The van der Waals surface area contributed by atoms with Gasteiger partial charge in [-0.3, -0.25) is 0 Å². The van der Waals surface area contributed by atoms with Gasteiger partial charge in [0.2, 0.25) is 0 Å². The zero-order chi connectivity index (χ0) is 24.7. The van der Waals surface area contributed by atoms with Gasteiger partial charge >= 0.3 is 6.18 Å². The van der Waals surface area contributed by atoms with Crippen molar-refractivity contribution >= 4 is 0 Å². The van der Waals surface area contributed by atoms with Crippen LogP contribution >= 0.6 is 0 Å². The third-order valence-electron chi connectivity index (χ3n) is 6.10. The molecule has 34 heavy (non-hydrogen) atoms. The molecule has 0 amide bonds. The largest absolute Gasteiger partial charge is 0.481 e. The Morgan fingerprint density at radius 1 is 0.735 bits per heavy atom. The van der Waals surface area contributed by atoms with Crippen molar-refractivity contribution in [2.75, 3.05) is 0 Å². The van der Waals surface area contributed by atoms with Crippen molar-refractivity contribution in [1.29, 1.82) is 0 Å². The topological polar surface area (TPSA) is 35.0 Å². The molecule has 0 aliphatic heterocycles.